The first-order valence-corrected chi connectivity index (χ1v) is 4.29. The predicted octanol–water partition coefficient (Wildman–Crippen LogP) is 1.98. The van der Waals surface area contributed by atoms with Crippen LogP contribution in [0.2, 0.25) is 0 Å². The van der Waals surface area contributed by atoms with E-state index in [4.69, 9.17) is 12.3 Å². The first kappa shape index (κ1) is 3.83. The average molecular weight is 213 g/mol. The molecule has 80 valence electrons. The standard InChI is InChI=1S/C12H16N2O/c1-14(2)7-6-9-8-13-10-4-3-5-11(15)12(9)10/h3-5,8,13,15H,6-7H2,1-2H3/i1D3,2D3,6D2,7D. The highest BCUT2D eigenvalue weighted by atomic mass is 16.3. The molecule has 2 N–H and O–H groups in total. The van der Waals surface area contributed by atoms with Gasteiger partial charge in [0.25, 0.3) is 0 Å². The summed E-state index contributed by atoms with van der Waals surface area (Å²) in [6.07, 6.45) is -1.48. The number of hydrogen-bond acceptors (Lipinski definition) is 2. The zero-order chi connectivity index (χ0) is 18.5. The van der Waals surface area contributed by atoms with Crippen LogP contribution in [-0.4, -0.2) is 35.5 Å². The SMILES string of the molecule is [2H]C(N(C([2H])([2H])[2H])C([2H])([2H])[2H])C([2H])([2H])c1c[nH]c2cccc(O)c12. The smallest absolute Gasteiger partial charge is 0.125 e. The highest BCUT2D eigenvalue weighted by molar-refractivity contribution is 5.88. The molecule has 15 heavy (non-hydrogen) atoms. The molecule has 0 aliphatic rings. The van der Waals surface area contributed by atoms with E-state index in [0.29, 0.717) is 5.52 Å². The number of aromatic hydroxyl groups is 1. The summed E-state index contributed by atoms with van der Waals surface area (Å²) in [5, 5.41) is 10.0. The number of phenols is 1. The first-order valence-electron chi connectivity index (χ1n) is 8.87. The van der Waals surface area contributed by atoms with Gasteiger partial charge in [-0.25, -0.2) is 0 Å². The Morgan fingerprint density at radius 2 is 2.40 bits per heavy atom. The van der Waals surface area contributed by atoms with E-state index in [-0.39, 0.29) is 21.6 Å². The lowest BCUT2D eigenvalue weighted by molar-refractivity contribution is 0.414. The fourth-order valence-corrected chi connectivity index (χ4v) is 1.41. The third-order valence-corrected chi connectivity index (χ3v) is 2.03. The van der Waals surface area contributed by atoms with Gasteiger partial charge in [-0.15, -0.1) is 0 Å². The molecule has 0 fully saturated rings. The van der Waals surface area contributed by atoms with Crippen molar-refractivity contribution >= 4 is 10.9 Å². The van der Waals surface area contributed by atoms with Gasteiger partial charge in [-0.3, -0.25) is 0 Å². The van der Waals surface area contributed by atoms with Crippen molar-refractivity contribution in [2.45, 2.75) is 6.37 Å². The number of aromatic amines is 1. The van der Waals surface area contributed by atoms with Crippen LogP contribution < -0.4 is 0 Å². The molecule has 2 rings (SSSR count). The number of likely N-dealkylation sites (N-methyl/N-ethyl adjacent to an activating group) is 1. The Balaban J connectivity index is 2.59. The number of fused-ring (bicyclic) bond motifs is 1. The van der Waals surface area contributed by atoms with Crippen LogP contribution >= 0.6 is 0 Å². The van der Waals surface area contributed by atoms with Crippen LogP contribution in [0.15, 0.2) is 24.4 Å². The van der Waals surface area contributed by atoms with Crippen molar-refractivity contribution in [1.29, 1.82) is 0 Å². The maximum Gasteiger partial charge on any atom is 0.125 e. The molecule has 0 bridgehead atoms. The Bertz CT molecular complexity index is 720. The molecule has 0 saturated heterocycles. The van der Waals surface area contributed by atoms with Crippen molar-refractivity contribution in [2.24, 2.45) is 0 Å². The van der Waals surface area contributed by atoms with Crippen molar-refractivity contribution in [3.63, 3.8) is 0 Å². The molecule has 0 amide bonds. The molecule has 1 atom stereocenters. The average Bonchev–Trinajstić information content (AvgIpc) is 2.81. The zero-order valence-corrected chi connectivity index (χ0v) is 7.78. The maximum atomic E-state index is 9.96. The topological polar surface area (TPSA) is 39.3 Å². The number of hydrogen-bond donors (Lipinski definition) is 2. The lowest BCUT2D eigenvalue weighted by atomic mass is 10.1. The van der Waals surface area contributed by atoms with Crippen LogP contribution in [0.5, 0.6) is 5.75 Å². The molecule has 1 heterocycles. The Morgan fingerprint density at radius 1 is 1.53 bits per heavy atom. The lowest BCUT2D eigenvalue weighted by Gasteiger charge is -2.08. The first-order chi connectivity index (χ1) is 10.8. The van der Waals surface area contributed by atoms with Crippen LogP contribution in [0, 0.1) is 0 Å². The normalized spacial score (nSPS) is 25.0. The van der Waals surface area contributed by atoms with Gasteiger partial charge in [0.2, 0.25) is 0 Å². The second-order valence-electron chi connectivity index (χ2n) is 3.05. The van der Waals surface area contributed by atoms with E-state index in [2.05, 4.69) is 4.98 Å². The Morgan fingerprint density at radius 3 is 3.20 bits per heavy atom. The Labute approximate surface area is 102 Å². The van der Waals surface area contributed by atoms with E-state index in [1.54, 1.807) is 6.07 Å². The Hall–Kier alpha value is -1.48. The minimum atomic E-state index is -3.20. The van der Waals surface area contributed by atoms with Crippen LogP contribution in [0.3, 0.4) is 0 Å². The van der Waals surface area contributed by atoms with Crippen molar-refractivity contribution < 1.29 is 17.4 Å². The van der Waals surface area contributed by atoms with Gasteiger partial charge in [-0.1, -0.05) is 6.07 Å². The zero-order valence-electron chi connectivity index (χ0n) is 16.8. The van der Waals surface area contributed by atoms with E-state index in [1.807, 2.05) is 0 Å². The number of benzene rings is 1. The molecular formula is C12H16N2O. The van der Waals surface area contributed by atoms with E-state index in [9.17, 15) is 5.11 Å². The number of nitrogens with one attached hydrogen (secondary N) is 1. The van der Waals surface area contributed by atoms with Gasteiger partial charge >= 0.3 is 0 Å². The van der Waals surface area contributed by atoms with E-state index < -0.39 is 26.8 Å². The molecule has 0 aliphatic carbocycles. The molecule has 3 heteroatoms. The summed E-state index contributed by atoms with van der Waals surface area (Å²) < 4.78 is 68.4. The van der Waals surface area contributed by atoms with E-state index in [0.717, 1.165) is 0 Å². The van der Waals surface area contributed by atoms with Gasteiger partial charge in [0, 0.05) is 36.0 Å². The van der Waals surface area contributed by atoms with Crippen LogP contribution in [0.25, 0.3) is 10.9 Å². The highest BCUT2D eigenvalue weighted by Crippen LogP contribution is 2.27. The second kappa shape index (κ2) is 3.95. The number of phenolic OH excluding ortho intramolecular Hbond substituents is 1. The molecule has 0 spiro atoms. The molecule has 2 aromatic rings. The lowest BCUT2D eigenvalue weighted by Crippen LogP contribution is -2.14. The summed E-state index contributed by atoms with van der Waals surface area (Å²) in [6, 6.07) is 4.42. The van der Waals surface area contributed by atoms with Gasteiger partial charge in [0.05, 0.1) is 0 Å². The number of rotatable bonds is 3. The highest BCUT2D eigenvalue weighted by Gasteiger charge is 2.07. The van der Waals surface area contributed by atoms with E-state index in [1.165, 1.54) is 18.3 Å². The summed E-state index contributed by atoms with van der Waals surface area (Å²) in [7, 11) is 0. The van der Waals surface area contributed by atoms with Gasteiger partial charge in [-0.05, 0) is 38.0 Å². The number of nitrogens with zero attached hydrogens (tertiary/aromatic N) is 1. The third-order valence-electron chi connectivity index (χ3n) is 2.03. The summed E-state index contributed by atoms with van der Waals surface area (Å²) >= 11 is 0. The van der Waals surface area contributed by atoms with Crippen molar-refractivity contribution in [3.8, 4) is 5.75 Å². The minimum absolute atomic E-state index is 0.0794. The number of aryl methyl sites for hydroxylation is 1. The molecule has 3 nitrogen and oxygen atoms in total. The molecular weight excluding hydrogens is 188 g/mol. The van der Waals surface area contributed by atoms with Gasteiger partial charge in [0.15, 0.2) is 0 Å². The largest absolute Gasteiger partial charge is 0.507 e. The molecule has 1 aromatic carbocycles. The van der Waals surface area contributed by atoms with E-state index >= 15 is 0 Å². The quantitative estimate of drug-likeness (QED) is 0.818. The van der Waals surface area contributed by atoms with Gasteiger partial charge in [0.1, 0.15) is 5.75 Å². The fourth-order valence-electron chi connectivity index (χ4n) is 1.41. The number of H-pyrrole nitrogens is 1. The van der Waals surface area contributed by atoms with Crippen LogP contribution in [0.1, 0.15) is 17.9 Å². The third kappa shape index (κ3) is 1.97. The fraction of sp³-hybridized carbons (Fsp3) is 0.333. The summed E-state index contributed by atoms with van der Waals surface area (Å²) in [4.78, 5) is 2.60. The molecule has 0 saturated carbocycles. The molecule has 0 aliphatic heterocycles. The summed E-state index contributed by atoms with van der Waals surface area (Å²) in [6.45, 7) is -8.64. The van der Waals surface area contributed by atoms with Gasteiger partial charge < -0.3 is 15.0 Å². The second-order valence-corrected chi connectivity index (χ2v) is 3.05. The number of aromatic nitrogens is 1. The monoisotopic (exact) mass is 213 g/mol. The van der Waals surface area contributed by atoms with Crippen molar-refractivity contribution in [1.82, 2.24) is 9.88 Å². The summed E-state index contributed by atoms with van der Waals surface area (Å²) in [5.41, 5.74) is 0.199. The molecule has 0 radical (unpaired) electrons. The van der Waals surface area contributed by atoms with Crippen LogP contribution in [0.4, 0.5) is 0 Å². The maximum absolute atomic E-state index is 9.96. The Kier molecular flexibility index (Phi) is 1.01. The van der Waals surface area contributed by atoms with Gasteiger partial charge in [-0.2, -0.15) is 0 Å². The molecule has 1 unspecified atom stereocenters. The van der Waals surface area contributed by atoms with Crippen molar-refractivity contribution in [3.05, 3.63) is 30.0 Å². The molecule has 1 aromatic heterocycles. The predicted molar refractivity (Wildman–Crippen MR) is 62.2 cm³/mol. The van der Waals surface area contributed by atoms with Crippen molar-refractivity contribution in [2.75, 3.05) is 20.5 Å². The van der Waals surface area contributed by atoms with Crippen LogP contribution in [-0.2, 0) is 6.37 Å². The summed E-state index contributed by atoms with van der Waals surface area (Å²) in [5.74, 6) is -0.255. The minimum Gasteiger partial charge on any atom is -0.507 e.